The van der Waals surface area contributed by atoms with E-state index in [1.165, 1.54) is 12.1 Å². The third-order valence-electron chi connectivity index (χ3n) is 3.51. The maximum absolute atomic E-state index is 12.2. The molecule has 2 N–H and O–H groups in total. The third kappa shape index (κ3) is 3.11. The lowest BCUT2D eigenvalue weighted by Crippen LogP contribution is -1.98. The zero-order valence-corrected chi connectivity index (χ0v) is 12.8. The standard InChI is InChI=1S/C18H18O4/c1-11-10-15(18(21)12(2)17(11)20)16(19)9-6-13-4-7-14(22-3)8-5-13/h4-10,20-21H,1-3H3/b9-6+. The van der Waals surface area contributed by atoms with Gasteiger partial charge in [0.05, 0.1) is 12.7 Å². The van der Waals surface area contributed by atoms with E-state index in [0.29, 0.717) is 11.1 Å². The van der Waals surface area contributed by atoms with Gasteiger partial charge in [-0.05, 0) is 49.2 Å². The zero-order valence-electron chi connectivity index (χ0n) is 12.8. The highest BCUT2D eigenvalue weighted by atomic mass is 16.5. The quantitative estimate of drug-likeness (QED) is 0.668. The van der Waals surface area contributed by atoms with Gasteiger partial charge in [0.15, 0.2) is 5.78 Å². The number of benzene rings is 2. The highest BCUT2D eigenvalue weighted by molar-refractivity contribution is 6.09. The van der Waals surface area contributed by atoms with Crippen LogP contribution in [0.15, 0.2) is 36.4 Å². The Balaban J connectivity index is 2.27. The molecule has 0 radical (unpaired) electrons. The number of hydrogen-bond donors (Lipinski definition) is 2. The summed E-state index contributed by atoms with van der Waals surface area (Å²) in [5.41, 5.74) is 1.89. The van der Waals surface area contributed by atoms with Crippen LogP contribution in [-0.4, -0.2) is 23.1 Å². The molecule has 0 saturated carbocycles. The van der Waals surface area contributed by atoms with Crippen molar-refractivity contribution in [1.82, 2.24) is 0 Å². The number of aromatic hydroxyl groups is 2. The van der Waals surface area contributed by atoms with Gasteiger partial charge in [-0.1, -0.05) is 18.2 Å². The van der Waals surface area contributed by atoms with Crippen molar-refractivity contribution < 1.29 is 19.7 Å². The van der Waals surface area contributed by atoms with Crippen LogP contribution in [0, 0.1) is 13.8 Å². The van der Waals surface area contributed by atoms with Gasteiger partial charge in [0, 0.05) is 5.56 Å². The normalized spacial score (nSPS) is 10.9. The second-order valence-corrected chi connectivity index (χ2v) is 5.03. The molecule has 0 aliphatic rings. The maximum atomic E-state index is 12.2. The number of phenolic OH excluding ortho intramolecular Hbond substituents is 2. The Morgan fingerprint density at radius 3 is 2.32 bits per heavy atom. The lowest BCUT2D eigenvalue weighted by atomic mass is 10.0. The molecule has 0 amide bonds. The number of allylic oxidation sites excluding steroid dienone is 1. The molecular weight excluding hydrogens is 280 g/mol. The summed E-state index contributed by atoms with van der Waals surface area (Å²) in [6.45, 7) is 3.26. The molecule has 0 aliphatic carbocycles. The predicted octanol–water partition coefficient (Wildman–Crippen LogP) is 3.62. The van der Waals surface area contributed by atoms with Gasteiger partial charge in [-0.25, -0.2) is 0 Å². The van der Waals surface area contributed by atoms with Crippen LogP contribution in [0.4, 0.5) is 0 Å². The van der Waals surface area contributed by atoms with Crippen LogP contribution in [0.25, 0.3) is 6.08 Å². The molecule has 2 aromatic rings. The van der Waals surface area contributed by atoms with Crippen molar-refractivity contribution in [2.24, 2.45) is 0 Å². The van der Waals surface area contributed by atoms with E-state index < -0.39 is 0 Å². The first-order valence-electron chi connectivity index (χ1n) is 6.82. The summed E-state index contributed by atoms with van der Waals surface area (Å²) in [5.74, 6) is 0.242. The largest absolute Gasteiger partial charge is 0.507 e. The average Bonchev–Trinajstić information content (AvgIpc) is 2.54. The summed E-state index contributed by atoms with van der Waals surface area (Å²) >= 11 is 0. The van der Waals surface area contributed by atoms with E-state index in [0.717, 1.165) is 11.3 Å². The number of rotatable bonds is 4. The van der Waals surface area contributed by atoms with Gasteiger partial charge in [0.2, 0.25) is 0 Å². The first-order valence-corrected chi connectivity index (χ1v) is 6.82. The molecule has 2 aromatic carbocycles. The molecule has 4 nitrogen and oxygen atoms in total. The van der Waals surface area contributed by atoms with E-state index in [4.69, 9.17) is 4.74 Å². The Kier molecular flexibility index (Phi) is 4.51. The summed E-state index contributed by atoms with van der Waals surface area (Å²) < 4.78 is 5.07. The molecule has 114 valence electrons. The SMILES string of the molecule is COc1ccc(/C=C/C(=O)c2cc(C)c(O)c(C)c2O)cc1. The molecular formula is C18H18O4. The van der Waals surface area contributed by atoms with E-state index in [-0.39, 0.29) is 22.8 Å². The Labute approximate surface area is 129 Å². The van der Waals surface area contributed by atoms with Crippen LogP contribution < -0.4 is 4.74 Å². The molecule has 0 saturated heterocycles. The van der Waals surface area contributed by atoms with Crippen molar-refractivity contribution in [2.45, 2.75) is 13.8 Å². The number of phenols is 2. The maximum Gasteiger partial charge on any atom is 0.189 e. The lowest BCUT2D eigenvalue weighted by molar-refractivity contribution is 0.104. The van der Waals surface area contributed by atoms with E-state index >= 15 is 0 Å². The fraction of sp³-hybridized carbons (Fsp3) is 0.167. The number of methoxy groups -OCH3 is 1. The highest BCUT2D eigenvalue weighted by Crippen LogP contribution is 2.33. The van der Waals surface area contributed by atoms with Gasteiger partial charge in [-0.3, -0.25) is 4.79 Å². The summed E-state index contributed by atoms with van der Waals surface area (Å²) in [5, 5.41) is 19.8. The molecule has 0 unspecified atom stereocenters. The van der Waals surface area contributed by atoms with Crippen LogP contribution in [0.2, 0.25) is 0 Å². The Morgan fingerprint density at radius 2 is 1.73 bits per heavy atom. The second-order valence-electron chi connectivity index (χ2n) is 5.03. The van der Waals surface area contributed by atoms with Crippen molar-refractivity contribution in [3.63, 3.8) is 0 Å². The number of hydrogen-bond acceptors (Lipinski definition) is 4. The lowest BCUT2D eigenvalue weighted by Gasteiger charge is -2.09. The molecule has 0 spiro atoms. The van der Waals surface area contributed by atoms with Crippen LogP contribution in [-0.2, 0) is 0 Å². The topological polar surface area (TPSA) is 66.8 Å². The summed E-state index contributed by atoms with van der Waals surface area (Å²) in [6, 6.07) is 8.75. The van der Waals surface area contributed by atoms with Crippen molar-refractivity contribution in [2.75, 3.05) is 7.11 Å². The first kappa shape index (κ1) is 15.6. The minimum Gasteiger partial charge on any atom is -0.507 e. The molecule has 0 aromatic heterocycles. The minimum atomic E-state index is -0.320. The Morgan fingerprint density at radius 1 is 1.09 bits per heavy atom. The van der Waals surface area contributed by atoms with E-state index in [1.807, 2.05) is 12.1 Å². The fourth-order valence-electron chi connectivity index (χ4n) is 2.13. The van der Waals surface area contributed by atoms with Crippen molar-refractivity contribution in [1.29, 1.82) is 0 Å². The van der Waals surface area contributed by atoms with Gasteiger partial charge < -0.3 is 14.9 Å². The Hall–Kier alpha value is -2.75. The summed E-state index contributed by atoms with van der Waals surface area (Å²) in [4.78, 5) is 12.2. The fourth-order valence-corrected chi connectivity index (χ4v) is 2.13. The molecule has 0 bridgehead atoms. The molecule has 4 heteroatoms. The van der Waals surface area contributed by atoms with Gasteiger partial charge in [0.1, 0.15) is 17.2 Å². The van der Waals surface area contributed by atoms with Crippen molar-refractivity contribution in [3.8, 4) is 17.2 Å². The van der Waals surface area contributed by atoms with E-state index in [2.05, 4.69) is 0 Å². The van der Waals surface area contributed by atoms with Gasteiger partial charge >= 0.3 is 0 Å². The molecule has 0 atom stereocenters. The van der Waals surface area contributed by atoms with Crippen molar-refractivity contribution in [3.05, 3.63) is 58.7 Å². The number of ether oxygens (including phenoxy) is 1. The van der Waals surface area contributed by atoms with Gasteiger partial charge in [-0.2, -0.15) is 0 Å². The van der Waals surface area contributed by atoms with Crippen LogP contribution in [0.3, 0.4) is 0 Å². The van der Waals surface area contributed by atoms with E-state index in [9.17, 15) is 15.0 Å². The third-order valence-corrected chi connectivity index (χ3v) is 3.51. The van der Waals surface area contributed by atoms with Gasteiger partial charge in [-0.15, -0.1) is 0 Å². The monoisotopic (exact) mass is 298 g/mol. The highest BCUT2D eigenvalue weighted by Gasteiger charge is 2.15. The Bertz CT molecular complexity index is 728. The van der Waals surface area contributed by atoms with Gasteiger partial charge in [0.25, 0.3) is 0 Å². The second kappa shape index (κ2) is 6.35. The van der Waals surface area contributed by atoms with Crippen LogP contribution in [0.5, 0.6) is 17.2 Å². The molecule has 0 fully saturated rings. The number of aryl methyl sites for hydroxylation is 1. The minimum absolute atomic E-state index is 0.00758. The summed E-state index contributed by atoms with van der Waals surface area (Å²) in [7, 11) is 1.59. The average molecular weight is 298 g/mol. The van der Waals surface area contributed by atoms with Crippen LogP contribution in [0.1, 0.15) is 27.0 Å². The number of carbonyl (C=O) groups excluding carboxylic acids is 1. The molecule has 0 heterocycles. The first-order chi connectivity index (χ1) is 10.4. The van der Waals surface area contributed by atoms with Crippen molar-refractivity contribution >= 4 is 11.9 Å². The molecule has 22 heavy (non-hydrogen) atoms. The zero-order chi connectivity index (χ0) is 16.3. The molecule has 2 rings (SSSR count). The number of carbonyl (C=O) groups is 1. The molecule has 0 aliphatic heterocycles. The summed E-state index contributed by atoms with van der Waals surface area (Å²) in [6.07, 6.45) is 3.06. The smallest absolute Gasteiger partial charge is 0.189 e. The number of ketones is 1. The van der Waals surface area contributed by atoms with Crippen LogP contribution >= 0.6 is 0 Å². The van der Waals surface area contributed by atoms with E-state index in [1.54, 1.807) is 39.2 Å². The predicted molar refractivity (Wildman–Crippen MR) is 85.6 cm³/mol.